The van der Waals surface area contributed by atoms with Crippen LogP contribution in [-0.4, -0.2) is 53.2 Å². The fourth-order valence-electron chi connectivity index (χ4n) is 2.88. The Balaban J connectivity index is 1.47. The minimum atomic E-state index is -4.76. The zero-order valence-corrected chi connectivity index (χ0v) is 16.1. The van der Waals surface area contributed by atoms with Crippen molar-refractivity contribution in [2.45, 2.75) is 31.7 Å². The number of anilines is 1. The van der Waals surface area contributed by atoms with Gasteiger partial charge in [0.25, 0.3) is 0 Å². The molecule has 7 nitrogen and oxygen atoms in total. The number of carbonyl (C=O) groups is 1. The molecule has 158 valence electrons. The van der Waals surface area contributed by atoms with Crippen molar-refractivity contribution in [2.24, 2.45) is 0 Å². The predicted molar refractivity (Wildman–Crippen MR) is 100 cm³/mol. The lowest BCUT2D eigenvalue weighted by atomic mass is 10.1. The highest BCUT2D eigenvalue weighted by Crippen LogP contribution is 2.28. The lowest BCUT2D eigenvalue weighted by Gasteiger charge is -2.32. The topological polar surface area (TPSA) is 83.9 Å². The van der Waals surface area contributed by atoms with E-state index in [1.165, 1.54) is 29.5 Å². The number of nitrogens with one attached hydrogen (secondary N) is 1. The van der Waals surface area contributed by atoms with Crippen molar-refractivity contribution in [2.75, 3.05) is 25.0 Å². The highest BCUT2D eigenvalue weighted by Gasteiger charge is 2.31. The number of ether oxygens (including phenoxy) is 2. The fourth-order valence-corrected chi connectivity index (χ4v) is 3.61. The summed E-state index contributed by atoms with van der Waals surface area (Å²) < 4.78 is 46.6. The second kappa shape index (κ2) is 9.31. The lowest BCUT2D eigenvalue weighted by molar-refractivity contribution is -0.274. The molecular formula is C18H20F3N3O4S. The molecule has 1 aromatic carbocycles. The highest BCUT2D eigenvalue weighted by molar-refractivity contribution is 7.13. The minimum Gasteiger partial charge on any atom is -0.490 e. The quantitative estimate of drug-likeness (QED) is 0.730. The molecule has 0 spiro atoms. The zero-order valence-electron chi connectivity index (χ0n) is 15.3. The summed E-state index contributed by atoms with van der Waals surface area (Å²) in [6, 6.07) is 5.12. The largest absolute Gasteiger partial charge is 0.573 e. The van der Waals surface area contributed by atoms with Gasteiger partial charge in [-0.25, -0.2) is 9.78 Å². The molecule has 0 unspecified atom stereocenters. The first-order chi connectivity index (χ1) is 13.8. The van der Waals surface area contributed by atoms with Gasteiger partial charge in [-0.2, -0.15) is 0 Å². The molecule has 1 aliphatic heterocycles. The molecule has 1 aromatic heterocycles. The summed E-state index contributed by atoms with van der Waals surface area (Å²) in [4.78, 5) is 18.2. The minimum absolute atomic E-state index is 0.00410. The molecule has 2 amide bonds. The smallest absolute Gasteiger partial charge is 0.490 e. The average molecular weight is 431 g/mol. The van der Waals surface area contributed by atoms with Gasteiger partial charge in [0.1, 0.15) is 17.6 Å². The number of aliphatic hydroxyl groups is 1. The van der Waals surface area contributed by atoms with Crippen LogP contribution in [0.5, 0.6) is 11.5 Å². The van der Waals surface area contributed by atoms with Crippen LogP contribution < -0.4 is 14.8 Å². The highest BCUT2D eigenvalue weighted by atomic mass is 32.1. The van der Waals surface area contributed by atoms with E-state index in [2.05, 4.69) is 15.0 Å². The third-order valence-corrected chi connectivity index (χ3v) is 5.01. The van der Waals surface area contributed by atoms with Crippen LogP contribution in [0.4, 0.5) is 23.1 Å². The monoisotopic (exact) mass is 431 g/mol. The van der Waals surface area contributed by atoms with Crippen molar-refractivity contribution in [3.63, 3.8) is 0 Å². The van der Waals surface area contributed by atoms with Crippen molar-refractivity contribution in [1.29, 1.82) is 0 Å². The van der Waals surface area contributed by atoms with Gasteiger partial charge in [0.2, 0.25) is 0 Å². The first-order valence-corrected chi connectivity index (χ1v) is 9.84. The van der Waals surface area contributed by atoms with Crippen molar-refractivity contribution >= 4 is 22.5 Å². The van der Waals surface area contributed by atoms with E-state index in [0.29, 0.717) is 37.5 Å². The number of hydrogen-bond donors (Lipinski definition) is 2. The Hall–Kier alpha value is -2.53. The van der Waals surface area contributed by atoms with Crippen LogP contribution in [0.1, 0.15) is 18.5 Å². The Morgan fingerprint density at radius 1 is 1.31 bits per heavy atom. The number of aromatic nitrogens is 1. The summed E-state index contributed by atoms with van der Waals surface area (Å²) in [6.07, 6.45) is -3.44. The van der Waals surface area contributed by atoms with Gasteiger partial charge in [-0.15, -0.1) is 24.5 Å². The van der Waals surface area contributed by atoms with Crippen LogP contribution in [0.15, 0.2) is 29.6 Å². The van der Waals surface area contributed by atoms with E-state index in [0.717, 1.165) is 5.69 Å². The number of piperidine rings is 1. The molecular weight excluding hydrogens is 411 g/mol. The maximum Gasteiger partial charge on any atom is 0.573 e. The molecule has 11 heteroatoms. The number of benzene rings is 1. The van der Waals surface area contributed by atoms with E-state index >= 15 is 0 Å². The standard InChI is InChI=1S/C18H20F3N3O4S/c19-18(20,21)28-15-3-1-2-14(10-15)27-13-4-7-24(8-5-13)17(26)23-16-22-12(6-9-25)11-29-16/h1-3,10-11,13,25H,4-9H2,(H,22,23,26). The van der Waals surface area contributed by atoms with Crippen LogP contribution in [0.2, 0.25) is 0 Å². The van der Waals surface area contributed by atoms with Gasteiger partial charge >= 0.3 is 12.4 Å². The molecule has 0 saturated carbocycles. The van der Waals surface area contributed by atoms with Crippen LogP contribution in [0, 0.1) is 0 Å². The second-order valence-corrected chi connectivity index (χ2v) is 7.23. The van der Waals surface area contributed by atoms with E-state index in [1.807, 2.05) is 0 Å². The van der Waals surface area contributed by atoms with Crippen molar-refractivity contribution < 1.29 is 32.5 Å². The maximum absolute atomic E-state index is 12.3. The summed E-state index contributed by atoms with van der Waals surface area (Å²) in [7, 11) is 0. The number of urea groups is 1. The number of likely N-dealkylation sites (tertiary alicyclic amines) is 1. The van der Waals surface area contributed by atoms with Gasteiger partial charge in [0.05, 0.1) is 5.69 Å². The zero-order chi connectivity index (χ0) is 20.9. The Kier molecular flexibility index (Phi) is 6.80. The van der Waals surface area contributed by atoms with Gasteiger partial charge < -0.3 is 19.5 Å². The molecule has 2 N–H and O–H groups in total. The molecule has 1 fully saturated rings. The molecule has 0 aliphatic carbocycles. The van der Waals surface area contributed by atoms with Crippen molar-refractivity contribution in [1.82, 2.24) is 9.88 Å². The summed E-state index contributed by atoms with van der Waals surface area (Å²) in [5, 5.41) is 13.9. The van der Waals surface area contributed by atoms with Crippen LogP contribution >= 0.6 is 11.3 Å². The summed E-state index contributed by atoms with van der Waals surface area (Å²) in [5.41, 5.74) is 0.719. The number of rotatable bonds is 6. The van der Waals surface area contributed by atoms with E-state index < -0.39 is 6.36 Å². The number of hydrogen-bond acceptors (Lipinski definition) is 6. The summed E-state index contributed by atoms with van der Waals surface area (Å²) in [6.45, 7) is 0.893. The van der Waals surface area contributed by atoms with Gasteiger partial charge in [0.15, 0.2) is 5.13 Å². The summed E-state index contributed by atoms with van der Waals surface area (Å²) in [5.74, 6) is -0.0512. The molecule has 0 bridgehead atoms. The SMILES string of the molecule is O=C(Nc1nc(CCO)cs1)N1CCC(Oc2cccc(OC(F)(F)F)c2)CC1. The van der Waals surface area contributed by atoms with Crippen molar-refractivity contribution in [3.05, 3.63) is 35.3 Å². The molecule has 29 heavy (non-hydrogen) atoms. The number of carbonyl (C=O) groups excluding carboxylic acids is 1. The van der Waals surface area contributed by atoms with E-state index in [1.54, 1.807) is 16.3 Å². The molecule has 1 aliphatic rings. The Labute approximate surface area is 169 Å². The molecule has 3 rings (SSSR count). The van der Waals surface area contributed by atoms with Crippen LogP contribution in [-0.2, 0) is 6.42 Å². The van der Waals surface area contributed by atoms with Gasteiger partial charge in [0, 0.05) is 50.4 Å². The first-order valence-electron chi connectivity index (χ1n) is 8.96. The Morgan fingerprint density at radius 3 is 2.72 bits per heavy atom. The summed E-state index contributed by atoms with van der Waals surface area (Å²) >= 11 is 1.29. The predicted octanol–water partition coefficient (Wildman–Crippen LogP) is 3.65. The normalized spacial score (nSPS) is 15.2. The number of amides is 2. The van der Waals surface area contributed by atoms with Crippen LogP contribution in [0.3, 0.4) is 0 Å². The Morgan fingerprint density at radius 2 is 2.03 bits per heavy atom. The van der Waals surface area contributed by atoms with E-state index in [-0.39, 0.29) is 30.2 Å². The lowest BCUT2D eigenvalue weighted by Crippen LogP contribution is -2.43. The molecule has 0 radical (unpaired) electrons. The third kappa shape index (κ3) is 6.50. The third-order valence-electron chi connectivity index (χ3n) is 4.20. The number of aliphatic hydroxyl groups excluding tert-OH is 1. The number of halogens is 3. The number of thiazole rings is 1. The molecule has 2 heterocycles. The van der Waals surface area contributed by atoms with E-state index in [9.17, 15) is 18.0 Å². The number of alkyl halides is 3. The van der Waals surface area contributed by atoms with Gasteiger partial charge in [-0.3, -0.25) is 5.32 Å². The molecule has 0 atom stereocenters. The molecule has 1 saturated heterocycles. The second-order valence-electron chi connectivity index (χ2n) is 6.37. The van der Waals surface area contributed by atoms with Gasteiger partial charge in [-0.1, -0.05) is 6.07 Å². The number of nitrogens with zero attached hydrogens (tertiary/aromatic N) is 2. The average Bonchev–Trinajstić information content (AvgIpc) is 3.08. The van der Waals surface area contributed by atoms with Crippen molar-refractivity contribution in [3.8, 4) is 11.5 Å². The maximum atomic E-state index is 12.3. The van der Waals surface area contributed by atoms with E-state index in [4.69, 9.17) is 9.84 Å². The Bertz CT molecular complexity index is 823. The fraction of sp³-hybridized carbons (Fsp3) is 0.444. The first kappa shape index (κ1) is 21.2. The molecule has 2 aromatic rings. The van der Waals surface area contributed by atoms with Gasteiger partial charge in [-0.05, 0) is 12.1 Å². The van der Waals surface area contributed by atoms with Crippen LogP contribution in [0.25, 0.3) is 0 Å².